The molecule has 1 nitrogen and oxygen atoms in total. The van der Waals surface area contributed by atoms with Crippen LogP contribution >= 0.6 is 0 Å². The van der Waals surface area contributed by atoms with E-state index in [0.717, 1.165) is 5.75 Å². The minimum Gasteiger partial charge on any atom is -0.486 e. The van der Waals surface area contributed by atoms with Gasteiger partial charge in [-0.3, -0.25) is 0 Å². The smallest absolute Gasteiger partial charge is 0.127 e. The van der Waals surface area contributed by atoms with Crippen LogP contribution in [0.15, 0.2) is 24.3 Å². The minimum absolute atomic E-state index is 0.193. The number of ether oxygens (including phenoxy) is 1. The molecule has 1 aliphatic heterocycles. The molecular weight excluding hydrogens is 184 g/mol. The molecule has 0 spiro atoms. The summed E-state index contributed by atoms with van der Waals surface area (Å²) >= 11 is 0. The molecule has 0 bridgehead atoms. The molecule has 1 atom stereocenters. The number of benzene rings is 1. The Hall–Kier alpha value is -1.24. The predicted octanol–water partition coefficient (Wildman–Crippen LogP) is 3.78. The molecule has 0 saturated carbocycles. The van der Waals surface area contributed by atoms with Crippen molar-refractivity contribution in [3.8, 4) is 5.75 Å². The van der Waals surface area contributed by atoms with E-state index >= 15 is 0 Å². The number of rotatable bonds is 0. The van der Waals surface area contributed by atoms with Crippen LogP contribution in [0, 0.1) is 0 Å². The summed E-state index contributed by atoms with van der Waals surface area (Å²) in [6.45, 7) is 8.73. The quantitative estimate of drug-likeness (QED) is 0.622. The monoisotopic (exact) mass is 202 g/mol. The first-order chi connectivity index (χ1) is 6.97. The fourth-order valence-corrected chi connectivity index (χ4v) is 1.73. The van der Waals surface area contributed by atoms with Crippen molar-refractivity contribution in [1.29, 1.82) is 0 Å². The molecule has 0 saturated heterocycles. The van der Waals surface area contributed by atoms with Crippen molar-refractivity contribution >= 4 is 6.08 Å². The lowest BCUT2D eigenvalue weighted by Crippen LogP contribution is -2.15. The van der Waals surface area contributed by atoms with Gasteiger partial charge in [-0.2, -0.15) is 0 Å². The Labute approximate surface area is 91.8 Å². The van der Waals surface area contributed by atoms with Gasteiger partial charge < -0.3 is 4.74 Å². The summed E-state index contributed by atoms with van der Waals surface area (Å²) in [4.78, 5) is 0. The Morgan fingerprint density at radius 2 is 1.93 bits per heavy atom. The second-order valence-electron chi connectivity index (χ2n) is 5.18. The maximum atomic E-state index is 5.71. The largest absolute Gasteiger partial charge is 0.486 e. The van der Waals surface area contributed by atoms with E-state index in [4.69, 9.17) is 4.74 Å². The van der Waals surface area contributed by atoms with Gasteiger partial charge in [0.1, 0.15) is 11.9 Å². The van der Waals surface area contributed by atoms with E-state index in [1.54, 1.807) is 0 Å². The zero-order chi connectivity index (χ0) is 11.1. The molecule has 0 amide bonds. The van der Waals surface area contributed by atoms with E-state index < -0.39 is 0 Å². The highest BCUT2D eigenvalue weighted by molar-refractivity contribution is 5.61. The highest BCUT2D eigenvalue weighted by Crippen LogP contribution is 2.31. The maximum absolute atomic E-state index is 5.71. The molecule has 80 valence electrons. The molecule has 15 heavy (non-hydrogen) atoms. The molecule has 0 N–H and O–H groups in total. The average molecular weight is 202 g/mol. The minimum atomic E-state index is 0.193. The highest BCUT2D eigenvalue weighted by Gasteiger charge is 2.17. The van der Waals surface area contributed by atoms with Crippen molar-refractivity contribution in [2.24, 2.45) is 0 Å². The third kappa shape index (κ3) is 2.06. The molecule has 1 aromatic rings. The summed E-state index contributed by atoms with van der Waals surface area (Å²) < 4.78 is 5.71. The van der Waals surface area contributed by atoms with Crippen LogP contribution in [0.5, 0.6) is 5.75 Å². The van der Waals surface area contributed by atoms with Gasteiger partial charge in [0, 0.05) is 5.56 Å². The zero-order valence-corrected chi connectivity index (χ0v) is 9.87. The van der Waals surface area contributed by atoms with Crippen molar-refractivity contribution in [3.05, 3.63) is 35.4 Å². The zero-order valence-electron chi connectivity index (χ0n) is 9.87. The molecule has 1 heteroatoms. The molecule has 0 aromatic heterocycles. The molecular formula is C14H18O. The molecule has 1 aromatic carbocycles. The molecule has 0 radical (unpaired) electrons. The van der Waals surface area contributed by atoms with Crippen LogP contribution in [0.4, 0.5) is 0 Å². The average Bonchev–Trinajstić information content (AvgIpc) is 2.15. The summed E-state index contributed by atoms with van der Waals surface area (Å²) in [6.07, 6.45) is 4.44. The lowest BCUT2D eigenvalue weighted by molar-refractivity contribution is 0.266. The molecule has 0 aliphatic carbocycles. The third-order valence-corrected chi connectivity index (χ3v) is 2.74. The fraction of sp³-hybridized carbons (Fsp3) is 0.429. The lowest BCUT2D eigenvalue weighted by atomic mass is 9.86. The van der Waals surface area contributed by atoms with Gasteiger partial charge in [0.05, 0.1) is 0 Å². The van der Waals surface area contributed by atoms with Gasteiger partial charge in [0.2, 0.25) is 0 Å². The van der Waals surface area contributed by atoms with Gasteiger partial charge in [0.25, 0.3) is 0 Å². The summed E-state index contributed by atoms with van der Waals surface area (Å²) in [6, 6.07) is 6.46. The summed E-state index contributed by atoms with van der Waals surface area (Å²) in [7, 11) is 0. The van der Waals surface area contributed by atoms with Gasteiger partial charge in [0.15, 0.2) is 0 Å². The van der Waals surface area contributed by atoms with Crippen LogP contribution in [-0.2, 0) is 5.41 Å². The van der Waals surface area contributed by atoms with E-state index in [2.05, 4.69) is 58.0 Å². The van der Waals surface area contributed by atoms with Gasteiger partial charge in [-0.25, -0.2) is 0 Å². The topological polar surface area (TPSA) is 9.23 Å². The van der Waals surface area contributed by atoms with Crippen molar-refractivity contribution in [2.75, 3.05) is 0 Å². The number of hydrogen-bond donors (Lipinski definition) is 0. The summed E-state index contributed by atoms with van der Waals surface area (Å²) in [5.74, 6) is 0.998. The van der Waals surface area contributed by atoms with E-state index in [1.165, 1.54) is 11.1 Å². The molecule has 1 unspecified atom stereocenters. The second-order valence-corrected chi connectivity index (χ2v) is 5.18. The predicted molar refractivity (Wildman–Crippen MR) is 64.3 cm³/mol. The molecule has 1 aliphatic rings. The Bertz CT molecular complexity index is 396. The van der Waals surface area contributed by atoms with Crippen LogP contribution in [0.1, 0.15) is 38.8 Å². The summed E-state index contributed by atoms with van der Waals surface area (Å²) in [5, 5.41) is 0. The SMILES string of the molecule is CC1C=Cc2cc(C(C)(C)C)ccc2O1. The molecule has 1 heterocycles. The Morgan fingerprint density at radius 1 is 1.20 bits per heavy atom. The van der Waals surface area contributed by atoms with Crippen LogP contribution in [0.3, 0.4) is 0 Å². The summed E-state index contributed by atoms with van der Waals surface area (Å²) in [5.41, 5.74) is 2.75. The first-order valence-corrected chi connectivity index (χ1v) is 5.46. The fourth-order valence-electron chi connectivity index (χ4n) is 1.73. The maximum Gasteiger partial charge on any atom is 0.127 e. The van der Waals surface area contributed by atoms with Gasteiger partial charge in [-0.15, -0.1) is 0 Å². The molecule has 2 rings (SSSR count). The van der Waals surface area contributed by atoms with Crippen LogP contribution < -0.4 is 4.74 Å². The van der Waals surface area contributed by atoms with Crippen molar-refractivity contribution < 1.29 is 4.74 Å². The number of fused-ring (bicyclic) bond motifs is 1. The highest BCUT2D eigenvalue weighted by atomic mass is 16.5. The van der Waals surface area contributed by atoms with Gasteiger partial charge >= 0.3 is 0 Å². The first kappa shape index (κ1) is 10.3. The van der Waals surface area contributed by atoms with Gasteiger partial charge in [-0.1, -0.05) is 32.9 Å². The second kappa shape index (κ2) is 3.41. The molecule has 0 fully saturated rings. The Kier molecular flexibility index (Phi) is 2.34. The van der Waals surface area contributed by atoms with E-state index in [-0.39, 0.29) is 11.5 Å². The Balaban J connectivity index is 2.42. The van der Waals surface area contributed by atoms with E-state index in [0.29, 0.717) is 0 Å². The van der Waals surface area contributed by atoms with Crippen molar-refractivity contribution in [2.45, 2.75) is 39.2 Å². The van der Waals surface area contributed by atoms with E-state index in [9.17, 15) is 0 Å². The first-order valence-electron chi connectivity index (χ1n) is 5.46. The number of hydrogen-bond acceptors (Lipinski definition) is 1. The normalized spacial score (nSPS) is 19.6. The van der Waals surface area contributed by atoms with Crippen molar-refractivity contribution in [3.63, 3.8) is 0 Å². The Morgan fingerprint density at radius 3 is 2.60 bits per heavy atom. The van der Waals surface area contributed by atoms with E-state index in [1.807, 2.05) is 0 Å². The van der Waals surface area contributed by atoms with Crippen LogP contribution in [0.25, 0.3) is 6.08 Å². The lowest BCUT2D eigenvalue weighted by Gasteiger charge is -2.23. The van der Waals surface area contributed by atoms with Crippen molar-refractivity contribution in [1.82, 2.24) is 0 Å². The standard InChI is InChI=1S/C14H18O/c1-10-5-6-11-9-12(14(2,3)4)7-8-13(11)15-10/h5-10H,1-4H3. The van der Waals surface area contributed by atoms with Gasteiger partial charge in [-0.05, 0) is 36.1 Å². The third-order valence-electron chi connectivity index (χ3n) is 2.74. The van der Waals surface area contributed by atoms with Crippen LogP contribution in [0.2, 0.25) is 0 Å². The van der Waals surface area contributed by atoms with Crippen LogP contribution in [-0.4, -0.2) is 6.10 Å².